The van der Waals surface area contributed by atoms with Crippen molar-refractivity contribution in [3.8, 4) is 16.8 Å². The van der Waals surface area contributed by atoms with E-state index >= 15 is 0 Å². The molecule has 0 unspecified atom stereocenters. The Morgan fingerprint density at radius 1 is 0.821 bits per heavy atom. The van der Waals surface area contributed by atoms with E-state index in [2.05, 4.69) is 12.1 Å². The van der Waals surface area contributed by atoms with Crippen LogP contribution in [0.3, 0.4) is 0 Å². The maximum absolute atomic E-state index is 6.36. The molecule has 0 fully saturated rings. The van der Waals surface area contributed by atoms with E-state index in [0.717, 1.165) is 44.4 Å². The van der Waals surface area contributed by atoms with Crippen LogP contribution >= 0.6 is 23.2 Å². The monoisotopic (exact) mass is 403 g/mol. The van der Waals surface area contributed by atoms with Gasteiger partial charge in [0.2, 0.25) is 0 Å². The van der Waals surface area contributed by atoms with Crippen molar-refractivity contribution in [1.29, 1.82) is 0 Å². The smallest absolute Gasteiger partial charge is 0.164 e. The highest BCUT2D eigenvalue weighted by Gasteiger charge is 2.19. The van der Waals surface area contributed by atoms with Crippen molar-refractivity contribution in [3.63, 3.8) is 0 Å². The Balaban J connectivity index is 1.98. The molecular weight excluding hydrogens is 389 g/mol. The molecule has 0 bridgehead atoms. The second-order valence-electron chi connectivity index (χ2n) is 6.67. The Morgan fingerprint density at radius 2 is 1.46 bits per heavy atom. The van der Waals surface area contributed by atoms with Gasteiger partial charge in [-0.2, -0.15) is 5.10 Å². The van der Waals surface area contributed by atoms with Gasteiger partial charge in [-0.3, -0.25) is 0 Å². The standard InChI is InChI=1S/C23H15Cl2N3/c1-14-21-22(15-8-4-2-5-9-15)17-12-18(24)19(25)13-20(17)26-23(21)28(27-14)16-10-6-3-7-11-16/h2-13H,1H3. The molecule has 5 heteroatoms. The van der Waals surface area contributed by atoms with Crippen LogP contribution in [0, 0.1) is 6.92 Å². The van der Waals surface area contributed by atoms with Crippen molar-refractivity contribution >= 4 is 45.1 Å². The zero-order valence-corrected chi connectivity index (χ0v) is 16.5. The highest BCUT2D eigenvalue weighted by atomic mass is 35.5. The molecule has 0 atom stereocenters. The third-order valence-electron chi connectivity index (χ3n) is 4.88. The van der Waals surface area contributed by atoms with Crippen molar-refractivity contribution in [2.24, 2.45) is 0 Å². The first-order valence-electron chi connectivity index (χ1n) is 8.92. The fourth-order valence-electron chi connectivity index (χ4n) is 3.64. The zero-order valence-electron chi connectivity index (χ0n) is 15.0. The number of hydrogen-bond acceptors (Lipinski definition) is 2. The molecule has 0 amide bonds. The van der Waals surface area contributed by atoms with E-state index in [1.807, 2.05) is 72.3 Å². The van der Waals surface area contributed by atoms with E-state index in [1.54, 1.807) is 0 Å². The molecule has 0 aliphatic carbocycles. The summed E-state index contributed by atoms with van der Waals surface area (Å²) in [5.74, 6) is 0. The van der Waals surface area contributed by atoms with E-state index in [1.165, 1.54) is 0 Å². The number of hydrogen-bond donors (Lipinski definition) is 0. The minimum atomic E-state index is 0.488. The molecule has 5 rings (SSSR count). The number of nitrogens with zero attached hydrogens (tertiary/aromatic N) is 3. The number of halogens is 2. The summed E-state index contributed by atoms with van der Waals surface area (Å²) in [7, 11) is 0. The van der Waals surface area contributed by atoms with Crippen LogP contribution in [-0.2, 0) is 0 Å². The van der Waals surface area contributed by atoms with E-state index in [-0.39, 0.29) is 0 Å². The Morgan fingerprint density at radius 3 is 2.18 bits per heavy atom. The Labute approximate surface area is 172 Å². The van der Waals surface area contributed by atoms with Crippen LogP contribution in [0.15, 0.2) is 72.8 Å². The third kappa shape index (κ3) is 2.67. The summed E-state index contributed by atoms with van der Waals surface area (Å²) in [5, 5.41) is 7.78. The molecule has 136 valence electrons. The predicted octanol–water partition coefficient (Wildman–Crippen LogP) is 6.86. The van der Waals surface area contributed by atoms with E-state index in [4.69, 9.17) is 33.3 Å². The van der Waals surface area contributed by atoms with Crippen molar-refractivity contribution < 1.29 is 0 Å². The predicted molar refractivity (Wildman–Crippen MR) is 117 cm³/mol. The van der Waals surface area contributed by atoms with Crippen LogP contribution in [0.25, 0.3) is 38.8 Å². The Hall–Kier alpha value is -2.88. The average molecular weight is 404 g/mol. The van der Waals surface area contributed by atoms with Gasteiger partial charge in [0.1, 0.15) is 0 Å². The van der Waals surface area contributed by atoms with Crippen molar-refractivity contribution in [1.82, 2.24) is 14.8 Å². The lowest BCUT2D eigenvalue weighted by molar-refractivity contribution is 0.879. The number of benzene rings is 3. The molecule has 0 aliphatic heterocycles. The molecule has 5 aromatic rings. The maximum Gasteiger partial charge on any atom is 0.164 e. The summed E-state index contributed by atoms with van der Waals surface area (Å²) in [6.45, 7) is 2.01. The molecule has 0 spiro atoms. The van der Waals surface area contributed by atoms with Crippen molar-refractivity contribution in [2.45, 2.75) is 6.92 Å². The van der Waals surface area contributed by atoms with Crippen molar-refractivity contribution in [2.75, 3.05) is 0 Å². The number of aromatic nitrogens is 3. The molecule has 0 saturated heterocycles. The van der Waals surface area contributed by atoms with Crippen LogP contribution in [0.1, 0.15) is 5.69 Å². The molecule has 0 N–H and O–H groups in total. The third-order valence-corrected chi connectivity index (χ3v) is 5.61. The summed E-state index contributed by atoms with van der Waals surface area (Å²) in [5.41, 5.74) is 5.63. The van der Waals surface area contributed by atoms with Gasteiger partial charge in [0.25, 0.3) is 0 Å². The second-order valence-corrected chi connectivity index (χ2v) is 7.48. The topological polar surface area (TPSA) is 30.7 Å². The van der Waals surface area contributed by atoms with Crippen LogP contribution in [0.5, 0.6) is 0 Å². The highest BCUT2D eigenvalue weighted by Crippen LogP contribution is 2.39. The van der Waals surface area contributed by atoms with Crippen LogP contribution < -0.4 is 0 Å². The van der Waals surface area contributed by atoms with Gasteiger partial charge < -0.3 is 0 Å². The highest BCUT2D eigenvalue weighted by molar-refractivity contribution is 6.43. The minimum Gasteiger partial charge on any atom is -0.228 e. The Bertz CT molecular complexity index is 1330. The molecule has 0 aliphatic rings. The van der Waals surface area contributed by atoms with Gasteiger partial charge in [0, 0.05) is 10.9 Å². The number of pyridine rings is 1. The second kappa shape index (κ2) is 6.62. The molecular formula is C23H15Cl2N3. The number of aryl methyl sites for hydroxylation is 1. The quantitative estimate of drug-likeness (QED) is 0.322. The number of rotatable bonds is 2. The molecule has 2 heterocycles. The molecule has 2 aromatic heterocycles. The zero-order chi connectivity index (χ0) is 19.3. The first-order chi connectivity index (χ1) is 13.6. The molecule has 28 heavy (non-hydrogen) atoms. The lowest BCUT2D eigenvalue weighted by atomic mass is 9.97. The van der Waals surface area contributed by atoms with Crippen LogP contribution in [0.4, 0.5) is 0 Å². The lowest BCUT2D eigenvalue weighted by Gasteiger charge is -2.11. The van der Waals surface area contributed by atoms with Gasteiger partial charge in [-0.15, -0.1) is 0 Å². The Kier molecular flexibility index (Phi) is 4.08. The first kappa shape index (κ1) is 17.2. The summed E-state index contributed by atoms with van der Waals surface area (Å²) >= 11 is 12.7. The molecule has 0 radical (unpaired) electrons. The SMILES string of the molecule is Cc1nn(-c2ccccc2)c2nc3cc(Cl)c(Cl)cc3c(-c3ccccc3)c12. The van der Waals surface area contributed by atoms with Crippen molar-refractivity contribution in [3.05, 3.63) is 88.5 Å². The maximum atomic E-state index is 6.36. The van der Waals surface area contributed by atoms with Gasteiger partial charge in [-0.05, 0) is 36.8 Å². The van der Waals surface area contributed by atoms with E-state index < -0.39 is 0 Å². The van der Waals surface area contributed by atoms with E-state index in [0.29, 0.717) is 10.0 Å². The number of fused-ring (bicyclic) bond motifs is 2. The normalized spacial score (nSPS) is 11.4. The average Bonchev–Trinajstić information content (AvgIpc) is 3.05. The minimum absolute atomic E-state index is 0.488. The van der Waals surface area contributed by atoms with Crippen LogP contribution in [-0.4, -0.2) is 14.8 Å². The summed E-state index contributed by atoms with van der Waals surface area (Å²) < 4.78 is 1.89. The molecule has 3 nitrogen and oxygen atoms in total. The van der Waals surface area contributed by atoms with Gasteiger partial charge in [0.15, 0.2) is 5.65 Å². The molecule has 0 saturated carbocycles. The van der Waals surface area contributed by atoms with Gasteiger partial charge in [-0.25, -0.2) is 9.67 Å². The van der Waals surface area contributed by atoms with Gasteiger partial charge >= 0.3 is 0 Å². The largest absolute Gasteiger partial charge is 0.228 e. The lowest BCUT2D eigenvalue weighted by Crippen LogP contribution is -1.98. The summed E-state index contributed by atoms with van der Waals surface area (Å²) in [4.78, 5) is 4.92. The van der Waals surface area contributed by atoms with Gasteiger partial charge in [-0.1, -0.05) is 71.7 Å². The number of para-hydroxylation sites is 1. The summed E-state index contributed by atoms with van der Waals surface area (Å²) in [6, 6.07) is 24.0. The summed E-state index contributed by atoms with van der Waals surface area (Å²) in [6.07, 6.45) is 0. The molecule has 3 aromatic carbocycles. The van der Waals surface area contributed by atoms with Crippen LogP contribution in [0.2, 0.25) is 10.0 Å². The first-order valence-corrected chi connectivity index (χ1v) is 9.68. The van der Waals surface area contributed by atoms with E-state index in [9.17, 15) is 0 Å². The van der Waals surface area contributed by atoms with Gasteiger partial charge in [0.05, 0.1) is 32.3 Å². The fourth-order valence-corrected chi connectivity index (χ4v) is 3.96. The fraction of sp³-hybridized carbons (Fsp3) is 0.0435.